The maximum atomic E-state index is 10.0. The van der Waals surface area contributed by atoms with Gasteiger partial charge in [-0.3, -0.25) is 9.89 Å². The van der Waals surface area contributed by atoms with Gasteiger partial charge in [-0.25, -0.2) is 0 Å². The van der Waals surface area contributed by atoms with Gasteiger partial charge in [-0.15, -0.1) is 0 Å². The zero-order valence-electron chi connectivity index (χ0n) is 17.2. The molecule has 6 nitrogen and oxygen atoms in total. The van der Waals surface area contributed by atoms with E-state index in [0.29, 0.717) is 30.8 Å². The highest BCUT2D eigenvalue weighted by Crippen LogP contribution is 2.23. The van der Waals surface area contributed by atoms with Crippen LogP contribution in [0.4, 0.5) is 0 Å². The third-order valence-corrected chi connectivity index (χ3v) is 4.41. The zero-order valence-corrected chi connectivity index (χ0v) is 17.2. The zero-order chi connectivity index (χ0) is 19.5. The fourth-order valence-electron chi connectivity index (χ4n) is 3.00. The molecule has 0 radical (unpaired) electrons. The van der Waals surface area contributed by atoms with E-state index in [1.807, 2.05) is 12.1 Å². The first-order valence-electron chi connectivity index (χ1n) is 9.45. The third-order valence-electron chi connectivity index (χ3n) is 4.41. The Bertz CT molecular complexity index is 551. The van der Waals surface area contributed by atoms with Gasteiger partial charge in [-0.2, -0.15) is 0 Å². The van der Waals surface area contributed by atoms with E-state index in [2.05, 4.69) is 48.2 Å². The van der Waals surface area contributed by atoms with Gasteiger partial charge in [0.15, 0.2) is 5.96 Å². The summed E-state index contributed by atoms with van der Waals surface area (Å²) < 4.78 is 5.10. The molecule has 1 aromatic carbocycles. The monoisotopic (exact) mass is 364 g/mol. The highest BCUT2D eigenvalue weighted by Gasteiger charge is 2.12. The lowest BCUT2D eigenvalue weighted by Crippen LogP contribution is -2.41. The molecule has 0 unspecified atom stereocenters. The molecule has 0 aliphatic carbocycles. The Morgan fingerprint density at radius 3 is 2.35 bits per heavy atom. The summed E-state index contributed by atoms with van der Waals surface area (Å²) >= 11 is 0. The van der Waals surface area contributed by atoms with E-state index in [1.165, 1.54) is 0 Å². The van der Waals surface area contributed by atoms with Gasteiger partial charge in [0.25, 0.3) is 0 Å². The number of phenolic OH excluding ortho intramolecular Hbond substituents is 1. The van der Waals surface area contributed by atoms with Gasteiger partial charge < -0.3 is 20.5 Å². The average molecular weight is 365 g/mol. The number of guanidine groups is 1. The van der Waals surface area contributed by atoms with Crippen LogP contribution in [0, 0.1) is 0 Å². The number of aliphatic imine (C=N–C) groups is 1. The molecule has 0 saturated heterocycles. The van der Waals surface area contributed by atoms with Gasteiger partial charge in [0.1, 0.15) is 11.5 Å². The average Bonchev–Trinajstić information content (AvgIpc) is 2.60. The van der Waals surface area contributed by atoms with Crippen molar-refractivity contribution in [3.8, 4) is 11.5 Å². The number of nitrogens with one attached hydrogen (secondary N) is 2. The van der Waals surface area contributed by atoms with Crippen LogP contribution in [0.5, 0.6) is 11.5 Å². The van der Waals surface area contributed by atoms with Gasteiger partial charge in [0, 0.05) is 44.8 Å². The Balaban J connectivity index is 2.33. The smallest absolute Gasteiger partial charge is 0.190 e. The van der Waals surface area contributed by atoms with Crippen LogP contribution in [-0.4, -0.2) is 61.8 Å². The molecule has 1 aromatic rings. The quantitative estimate of drug-likeness (QED) is 0.338. The van der Waals surface area contributed by atoms with E-state index in [-0.39, 0.29) is 5.75 Å². The van der Waals surface area contributed by atoms with Gasteiger partial charge in [-0.1, -0.05) is 6.07 Å². The van der Waals surface area contributed by atoms with Crippen LogP contribution < -0.4 is 15.4 Å². The first-order chi connectivity index (χ1) is 12.4. The second kappa shape index (κ2) is 11.6. The maximum absolute atomic E-state index is 10.0. The predicted octanol–water partition coefficient (Wildman–Crippen LogP) is 2.62. The van der Waals surface area contributed by atoms with E-state index in [9.17, 15) is 5.11 Å². The standard InChI is InChI=1S/C20H36N4O2/c1-15(2)24(16(3)4)13-7-11-22-20(21-5)23-12-10-17-8-9-18(26-6)14-19(17)25/h8-9,14-16,25H,7,10-13H2,1-6H3,(H2,21,22,23). The van der Waals surface area contributed by atoms with E-state index in [4.69, 9.17) is 4.74 Å². The molecule has 3 N–H and O–H groups in total. The minimum atomic E-state index is 0.261. The van der Waals surface area contributed by atoms with Crippen LogP contribution in [0.15, 0.2) is 23.2 Å². The minimum Gasteiger partial charge on any atom is -0.508 e. The van der Waals surface area contributed by atoms with Crippen LogP contribution in [0.25, 0.3) is 0 Å². The van der Waals surface area contributed by atoms with Crippen molar-refractivity contribution in [1.82, 2.24) is 15.5 Å². The Morgan fingerprint density at radius 1 is 1.15 bits per heavy atom. The first kappa shape index (κ1) is 22.1. The number of benzene rings is 1. The largest absolute Gasteiger partial charge is 0.508 e. The number of methoxy groups -OCH3 is 1. The number of rotatable bonds is 10. The summed E-state index contributed by atoms with van der Waals surface area (Å²) in [5.41, 5.74) is 0.887. The molecule has 0 heterocycles. The second-order valence-corrected chi connectivity index (χ2v) is 6.95. The number of ether oxygens (including phenoxy) is 1. The van der Waals surface area contributed by atoms with Crippen molar-refractivity contribution in [3.05, 3.63) is 23.8 Å². The number of hydrogen-bond acceptors (Lipinski definition) is 4. The Morgan fingerprint density at radius 2 is 1.81 bits per heavy atom. The lowest BCUT2D eigenvalue weighted by molar-refractivity contribution is 0.173. The minimum absolute atomic E-state index is 0.261. The number of phenols is 1. The molecule has 0 amide bonds. The van der Waals surface area contributed by atoms with Crippen molar-refractivity contribution in [3.63, 3.8) is 0 Å². The highest BCUT2D eigenvalue weighted by atomic mass is 16.5. The Kier molecular flexibility index (Phi) is 9.88. The Hall–Kier alpha value is -1.95. The van der Waals surface area contributed by atoms with Gasteiger partial charge >= 0.3 is 0 Å². The molecule has 0 saturated carbocycles. The van der Waals surface area contributed by atoms with Crippen molar-refractivity contribution in [2.75, 3.05) is 33.8 Å². The predicted molar refractivity (Wildman–Crippen MR) is 109 cm³/mol. The Labute approximate surface area is 158 Å². The highest BCUT2D eigenvalue weighted by molar-refractivity contribution is 5.79. The lowest BCUT2D eigenvalue weighted by atomic mass is 10.1. The van der Waals surface area contributed by atoms with Crippen LogP contribution in [0.1, 0.15) is 39.7 Å². The molecule has 148 valence electrons. The number of aromatic hydroxyl groups is 1. The molecule has 6 heteroatoms. The SMILES string of the molecule is CN=C(NCCCN(C(C)C)C(C)C)NCCc1ccc(OC)cc1O. The normalized spacial score (nSPS) is 12.1. The van der Waals surface area contributed by atoms with Crippen molar-refractivity contribution in [2.45, 2.75) is 52.6 Å². The first-order valence-corrected chi connectivity index (χ1v) is 9.45. The summed E-state index contributed by atoms with van der Waals surface area (Å²) in [5.74, 6) is 1.71. The van der Waals surface area contributed by atoms with E-state index < -0.39 is 0 Å². The van der Waals surface area contributed by atoms with Gasteiger partial charge in [-0.05, 0) is 52.2 Å². The van der Waals surface area contributed by atoms with Crippen molar-refractivity contribution >= 4 is 5.96 Å². The van der Waals surface area contributed by atoms with Crippen molar-refractivity contribution in [1.29, 1.82) is 0 Å². The van der Waals surface area contributed by atoms with E-state index >= 15 is 0 Å². The fraction of sp³-hybridized carbons (Fsp3) is 0.650. The van der Waals surface area contributed by atoms with Crippen LogP contribution in [0.2, 0.25) is 0 Å². The molecule has 1 rings (SSSR count). The molecule has 0 atom stereocenters. The van der Waals surface area contributed by atoms with Gasteiger partial charge in [0.05, 0.1) is 7.11 Å². The lowest BCUT2D eigenvalue weighted by Gasteiger charge is -2.30. The molecule has 0 aromatic heterocycles. The summed E-state index contributed by atoms with van der Waals surface area (Å²) in [4.78, 5) is 6.74. The summed E-state index contributed by atoms with van der Waals surface area (Å²) in [6.45, 7) is 11.6. The molecular weight excluding hydrogens is 328 g/mol. The van der Waals surface area contributed by atoms with Crippen molar-refractivity contribution < 1.29 is 9.84 Å². The fourth-order valence-corrected chi connectivity index (χ4v) is 3.00. The molecule has 26 heavy (non-hydrogen) atoms. The third kappa shape index (κ3) is 7.52. The topological polar surface area (TPSA) is 69.1 Å². The van der Waals surface area contributed by atoms with E-state index in [0.717, 1.165) is 31.0 Å². The number of hydrogen-bond donors (Lipinski definition) is 3. The molecule has 0 aliphatic heterocycles. The molecule has 0 bridgehead atoms. The van der Waals surface area contributed by atoms with Gasteiger partial charge in [0.2, 0.25) is 0 Å². The summed E-state index contributed by atoms with van der Waals surface area (Å²) in [6.07, 6.45) is 1.78. The molecular formula is C20H36N4O2. The van der Waals surface area contributed by atoms with Crippen LogP contribution in [-0.2, 0) is 6.42 Å². The maximum Gasteiger partial charge on any atom is 0.190 e. The summed E-state index contributed by atoms with van der Waals surface area (Å²) in [7, 11) is 3.36. The molecule has 0 aliphatic rings. The second-order valence-electron chi connectivity index (χ2n) is 6.95. The summed E-state index contributed by atoms with van der Waals surface area (Å²) in [6, 6.07) is 6.50. The summed E-state index contributed by atoms with van der Waals surface area (Å²) in [5, 5.41) is 16.6. The van der Waals surface area contributed by atoms with Crippen molar-refractivity contribution in [2.24, 2.45) is 4.99 Å². The molecule has 0 fully saturated rings. The molecule has 0 spiro atoms. The van der Waals surface area contributed by atoms with Crippen LogP contribution in [0.3, 0.4) is 0 Å². The van der Waals surface area contributed by atoms with Crippen LogP contribution >= 0.6 is 0 Å². The van der Waals surface area contributed by atoms with E-state index in [1.54, 1.807) is 20.2 Å². The number of nitrogens with zero attached hydrogens (tertiary/aromatic N) is 2.